The van der Waals surface area contributed by atoms with Gasteiger partial charge in [-0.3, -0.25) is 4.98 Å². The molecule has 1 fully saturated rings. The number of hydrogen-bond donors (Lipinski definition) is 1. The molecule has 1 saturated heterocycles. The van der Waals surface area contributed by atoms with E-state index in [1.807, 2.05) is 18.5 Å². The molecule has 2 heterocycles. The van der Waals surface area contributed by atoms with Gasteiger partial charge in [0.05, 0.1) is 6.04 Å². The fourth-order valence-electron chi connectivity index (χ4n) is 2.30. The van der Waals surface area contributed by atoms with Gasteiger partial charge in [-0.15, -0.1) is 0 Å². The van der Waals surface area contributed by atoms with Crippen LogP contribution in [-0.2, 0) is 9.47 Å². The van der Waals surface area contributed by atoms with Crippen molar-refractivity contribution in [2.75, 3.05) is 13.7 Å². The van der Waals surface area contributed by atoms with Crippen LogP contribution in [0.1, 0.15) is 31.4 Å². The molecule has 1 aromatic rings. The standard InChI is InChI=1S/C13H19BrN2O2/c1-9(10-5-6-15-8-11(10)14)16-12-4-3-7-18-13(12)17-2/h5-6,8-9,12-13,16H,3-4,7H2,1-2H3/t9?,12-,13+/m0/s1. The molecule has 100 valence electrons. The van der Waals surface area contributed by atoms with Crippen LogP contribution in [0.15, 0.2) is 22.9 Å². The lowest BCUT2D eigenvalue weighted by Gasteiger charge is -2.33. The Hall–Kier alpha value is -0.490. The van der Waals surface area contributed by atoms with E-state index in [9.17, 15) is 0 Å². The Morgan fingerprint density at radius 1 is 1.61 bits per heavy atom. The van der Waals surface area contributed by atoms with Gasteiger partial charge in [0.15, 0.2) is 6.29 Å². The van der Waals surface area contributed by atoms with Crippen LogP contribution in [0, 0.1) is 0 Å². The van der Waals surface area contributed by atoms with Crippen molar-refractivity contribution in [3.05, 3.63) is 28.5 Å². The first kappa shape index (κ1) is 13.9. The Morgan fingerprint density at radius 2 is 2.44 bits per heavy atom. The summed E-state index contributed by atoms with van der Waals surface area (Å²) in [6.07, 6.45) is 5.62. The topological polar surface area (TPSA) is 43.4 Å². The van der Waals surface area contributed by atoms with Crippen LogP contribution in [-0.4, -0.2) is 31.0 Å². The van der Waals surface area contributed by atoms with Gasteiger partial charge >= 0.3 is 0 Å². The number of halogens is 1. The highest BCUT2D eigenvalue weighted by Gasteiger charge is 2.27. The monoisotopic (exact) mass is 314 g/mol. The molecule has 0 aromatic carbocycles. The van der Waals surface area contributed by atoms with E-state index in [4.69, 9.17) is 9.47 Å². The molecule has 3 atom stereocenters. The molecule has 1 N–H and O–H groups in total. The Morgan fingerprint density at radius 3 is 3.17 bits per heavy atom. The number of methoxy groups -OCH3 is 1. The first-order valence-electron chi connectivity index (χ1n) is 6.22. The third-order valence-electron chi connectivity index (χ3n) is 3.24. The minimum atomic E-state index is -0.151. The zero-order valence-corrected chi connectivity index (χ0v) is 12.3. The second-order valence-electron chi connectivity index (χ2n) is 4.51. The van der Waals surface area contributed by atoms with Crippen molar-refractivity contribution in [3.63, 3.8) is 0 Å². The molecule has 0 spiro atoms. The number of pyridine rings is 1. The van der Waals surface area contributed by atoms with E-state index in [0.29, 0.717) is 0 Å². The van der Waals surface area contributed by atoms with Crippen molar-refractivity contribution in [1.29, 1.82) is 0 Å². The van der Waals surface area contributed by atoms with Crippen molar-refractivity contribution >= 4 is 15.9 Å². The highest BCUT2D eigenvalue weighted by molar-refractivity contribution is 9.10. The van der Waals surface area contributed by atoms with Crippen LogP contribution in [0.3, 0.4) is 0 Å². The van der Waals surface area contributed by atoms with Crippen LogP contribution in [0.4, 0.5) is 0 Å². The predicted molar refractivity (Wildman–Crippen MR) is 73.3 cm³/mol. The zero-order chi connectivity index (χ0) is 13.0. The molecule has 0 bridgehead atoms. The number of nitrogens with zero attached hydrogens (tertiary/aromatic N) is 1. The molecule has 0 radical (unpaired) electrons. The van der Waals surface area contributed by atoms with Crippen molar-refractivity contribution in [2.45, 2.75) is 38.1 Å². The van der Waals surface area contributed by atoms with E-state index in [0.717, 1.165) is 23.9 Å². The molecular formula is C13H19BrN2O2. The Labute approximate surface area is 116 Å². The van der Waals surface area contributed by atoms with Gasteiger partial charge in [-0.25, -0.2) is 0 Å². The lowest BCUT2D eigenvalue weighted by Crippen LogP contribution is -2.46. The van der Waals surface area contributed by atoms with Gasteiger partial charge in [-0.2, -0.15) is 0 Å². The third kappa shape index (κ3) is 3.29. The molecule has 1 aromatic heterocycles. The maximum atomic E-state index is 5.60. The number of aromatic nitrogens is 1. The first-order valence-corrected chi connectivity index (χ1v) is 7.01. The van der Waals surface area contributed by atoms with Crippen LogP contribution < -0.4 is 5.32 Å². The van der Waals surface area contributed by atoms with Crippen molar-refractivity contribution in [1.82, 2.24) is 10.3 Å². The number of hydrogen-bond acceptors (Lipinski definition) is 4. The van der Waals surface area contributed by atoms with E-state index in [2.05, 4.69) is 33.2 Å². The molecule has 0 aliphatic carbocycles. The van der Waals surface area contributed by atoms with Gasteiger partial charge in [-0.1, -0.05) is 0 Å². The van der Waals surface area contributed by atoms with Gasteiger partial charge in [0.25, 0.3) is 0 Å². The number of rotatable bonds is 4. The second-order valence-corrected chi connectivity index (χ2v) is 5.36. The van der Waals surface area contributed by atoms with Crippen molar-refractivity contribution in [3.8, 4) is 0 Å². The van der Waals surface area contributed by atoms with Gasteiger partial charge in [0, 0.05) is 36.6 Å². The average Bonchev–Trinajstić information content (AvgIpc) is 2.39. The minimum absolute atomic E-state index is 0.151. The highest BCUT2D eigenvalue weighted by Crippen LogP contribution is 2.24. The summed E-state index contributed by atoms with van der Waals surface area (Å²) in [4.78, 5) is 4.08. The van der Waals surface area contributed by atoms with Gasteiger partial charge in [0.1, 0.15) is 0 Å². The van der Waals surface area contributed by atoms with Crippen LogP contribution >= 0.6 is 15.9 Å². The maximum absolute atomic E-state index is 5.60. The van der Waals surface area contributed by atoms with Gasteiger partial charge in [0.2, 0.25) is 0 Å². The molecule has 4 nitrogen and oxygen atoms in total. The SMILES string of the molecule is CO[C@@H]1OCCC[C@@H]1NC(C)c1ccncc1Br. The summed E-state index contributed by atoms with van der Waals surface area (Å²) >= 11 is 3.53. The largest absolute Gasteiger partial charge is 0.354 e. The molecule has 1 aliphatic heterocycles. The van der Waals surface area contributed by atoms with Crippen molar-refractivity contribution in [2.24, 2.45) is 0 Å². The van der Waals surface area contributed by atoms with Crippen molar-refractivity contribution < 1.29 is 9.47 Å². The number of ether oxygens (including phenoxy) is 2. The van der Waals surface area contributed by atoms with E-state index < -0.39 is 0 Å². The predicted octanol–water partition coefficient (Wildman–Crippen LogP) is 2.65. The van der Waals surface area contributed by atoms with Crippen LogP contribution in [0.25, 0.3) is 0 Å². The molecule has 5 heteroatoms. The van der Waals surface area contributed by atoms with E-state index in [1.54, 1.807) is 7.11 Å². The smallest absolute Gasteiger partial charge is 0.172 e. The summed E-state index contributed by atoms with van der Waals surface area (Å²) in [5, 5.41) is 3.57. The molecule has 0 saturated carbocycles. The Bertz CT molecular complexity index is 389. The average molecular weight is 315 g/mol. The molecule has 2 rings (SSSR count). The summed E-state index contributed by atoms with van der Waals surface area (Å²) in [5.74, 6) is 0. The summed E-state index contributed by atoms with van der Waals surface area (Å²) < 4.78 is 12.0. The maximum Gasteiger partial charge on any atom is 0.172 e. The lowest BCUT2D eigenvalue weighted by molar-refractivity contribution is -0.163. The fourth-order valence-corrected chi connectivity index (χ4v) is 2.89. The summed E-state index contributed by atoms with van der Waals surface area (Å²) in [7, 11) is 1.69. The third-order valence-corrected chi connectivity index (χ3v) is 3.90. The Balaban J connectivity index is 2.02. The van der Waals surface area contributed by atoms with Crippen LogP contribution in [0.2, 0.25) is 0 Å². The zero-order valence-electron chi connectivity index (χ0n) is 10.7. The lowest BCUT2D eigenvalue weighted by atomic mass is 10.0. The van der Waals surface area contributed by atoms with Gasteiger partial charge in [-0.05, 0) is 47.3 Å². The van der Waals surface area contributed by atoms with Gasteiger partial charge < -0.3 is 14.8 Å². The van der Waals surface area contributed by atoms with E-state index >= 15 is 0 Å². The molecule has 1 unspecified atom stereocenters. The normalized spacial score (nSPS) is 25.9. The quantitative estimate of drug-likeness (QED) is 0.928. The second kappa shape index (κ2) is 6.61. The van der Waals surface area contributed by atoms with E-state index in [-0.39, 0.29) is 18.4 Å². The fraction of sp³-hybridized carbons (Fsp3) is 0.615. The van der Waals surface area contributed by atoms with E-state index in [1.165, 1.54) is 5.56 Å². The minimum Gasteiger partial charge on any atom is -0.354 e. The molecule has 1 aliphatic rings. The molecular weight excluding hydrogens is 296 g/mol. The summed E-state index contributed by atoms with van der Waals surface area (Å²) in [6.45, 7) is 2.92. The summed E-state index contributed by atoms with van der Waals surface area (Å²) in [6, 6.07) is 2.48. The first-order chi connectivity index (χ1) is 8.72. The number of nitrogens with one attached hydrogen (secondary N) is 1. The molecule has 18 heavy (non-hydrogen) atoms. The highest BCUT2D eigenvalue weighted by atomic mass is 79.9. The van der Waals surface area contributed by atoms with Crippen LogP contribution in [0.5, 0.6) is 0 Å². The summed E-state index contributed by atoms with van der Waals surface area (Å²) in [5.41, 5.74) is 1.20. The molecule has 0 amide bonds. The Kier molecular flexibility index (Phi) is 5.12.